The number of halogens is 3. The predicted molar refractivity (Wildman–Crippen MR) is 150 cm³/mol. The summed E-state index contributed by atoms with van der Waals surface area (Å²) in [6.07, 6.45) is 1.03. The minimum atomic E-state index is -4.54. The lowest BCUT2D eigenvalue weighted by Crippen LogP contribution is -2.47. The van der Waals surface area contributed by atoms with Crippen molar-refractivity contribution in [3.05, 3.63) is 33.6 Å². The van der Waals surface area contributed by atoms with Crippen LogP contribution in [0.15, 0.2) is 18.2 Å². The Morgan fingerprint density at radius 1 is 1.05 bits per heavy atom. The number of amides is 1. The van der Waals surface area contributed by atoms with Gasteiger partial charge in [0.25, 0.3) is 0 Å². The van der Waals surface area contributed by atoms with Crippen LogP contribution in [0.2, 0.25) is 0 Å². The van der Waals surface area contributed by atoms with Crippen molar-refractivity contribution in [1.29, 1.82) is 0 Å². The average molecular weight is 592 g/mol. The van der Waals surface area contributed by atoms with Gasteiger partial charge in [0.2, 0.25) is 11.8 Å². The molecule has 7 nitrogen and oxygen atoms in total. The molecule has 2 aromatic heterocycles. The molecule has 2 heterocycles. The number of alkyl halides is 3. The number of hydrogen-bond acceptors (Lipinski definition) is 6. The van der Waals surface area contributed by atoms with Crippen molar-refractivity contribution in [3.63, 3.8) is 0 Å². The lowest BCUT2D eigenvalue weighted by Gasteiger charge is -2.39. The second kappa shape index (κ2) is 12.4. The number of carboxylic acid groups (broad SMARTS) is 1. The molecule has 0 atom stereocenters. The normalized spacial score (nSPS) is 23.3. The van der Waals surface area contributed by atoms with Gasteiger partial charge >= 0.3 is 12.1 Å². The molecule has 4 rings (SSSR count). The molecule has 0 unspecified atom stereocenters. The number of aromatic carboxylic acids is 1. The molecule has 1 amide bonds. The monoisotopic (exact) mass is 591 g/mol. The minimum absolute atomic E-state index is 0.0926. The molecule has 0 radical (unpaired) electrons. The molecule has 2 fully saturated rings. The van der Waals surface area contributed by atoms with Gasteiger partial charge in [-0.25, -0.2) is 4.79 Å². The van der Waals surface area contributed by atoms with Gasteiger partial charge in [0.1, 0.15) is 16.4 Å². The largest absolute Gasteiger partial charge is 0.477 e. The number of carbonyl (C=O) groups is 2. The highest BCUT2D eigenvalue weighted by atomic mass is 32.1. The Kier molecular flexibility index (Phi) is 9.32. The minimum Gasteiger partial charge on any atom is -0.477 e. The lowest BCUT2D eigenvalue weighted by molar-refractivity contribution is -0.190. The highest BCUT2D eigenvalue weighted by molar-refractivity contribution is 7.15. The van der Waals surface area contributed by atoms with Crippen LogP contribution in [0, 0.1) is 36.0 Å². The van der Waals surface area contributed by atoms with Crippen LogP contribution in [0.4, 0.5) is 18.9 Å². The zero-order valence-corrected chi connectivity index (χ0v) is 24.6. The van der Waals surface area contributed by atoms with Gasteiger partial charge < -0.3 is 14.7 Å². The maximum absolute atomic E-state index is 14.0. The fourth-order valence-corrected chi connectivity index (χ4v) is 6.15. The summed E-state index contributed by atoms with van der Waals surface area (Å²) in [6.45, 7) is 5.96. The van der Waals surface area contributed by atoms with E-state index in [0.29, 0.717) is 37.5 Å². The molecule has 0 saturated heterocycles. The molecule has 2 saturated carbocycles. The maximum atomic E-state index is 14.0. The molecule has 2 aliphatic carbocycles. The summed E-state index contributed by atoms with van der Waals surface area (Å²) in [4.78, 5) is 28.1. The number of nitrogens with zero attached hydrogens (tertiary/aromatic N) is 3. The van der Waals surface area contributed by atoms with Crippen LogP contribution >= 0.6 is 11.3 Å². The summed E-state index contributed by atoms with van der Waals surface area (Å²) < 4.78 is 46.2. The number of hydrogen-bond donors (Lipinski definition) is 1. The van der Waals surface area contributed by atoms with Gasteiger partial charge in [-0.2, -0.15) is 18.3 Å². The molecule has 2 aromatic rings. The first kappa shape index (κ1) is 30.8. The van der Waals surface area contributed by atoms with E-state index in [2.05, 4.69) is 29.0 Å². The Morgan fingerprint density at radius 3 is 2.27 bits per heavy atom. The highest BCUT2D eigenvalue weighted by Gasteiger charge is 2.46. The molecule has 222 valence electrons. The summed E-state index contributed by atoms with van der Waals surface area (Å²) in [5.74, 6) is 4.16. The average Bonchev–Trinajstić information content (AvgIpc) is 3.34. The number of ether oxygens (including phenoxy) is 1. The van der Waals surface area contributed by atoms with Crippen LogP contribution in [0.3, 0.4) is 0 Å². The molecule has 11 heteroatoms. The van der Waals surface area contributed by atoms with Crippen LogP contribution in [0.5, 0.6) is 5.88 Å². The Morgan fingerprint density at radius 2 is 1.71 bits per heavy atom. The third-order valence-electron chi connectivity index (χ3n) is 8.05. The molecule has 0 bridgehead atoms. The van der Waals surface area contributed by atoms with E-state index in [1.54, 1.807) is 11.0 Å². The van der Waals surface area contributed by atoms with Crippen LogP contribution in [-0.2, 0) is 4.79 Å². The Labute approximate surface area is 242 Å². The number of anilines is 1. The smallest absolute Gasteiger partial charge is 0.404 e. The maximum Gasteiger partial charge on any atom is 0.404 e. The van der Waals surface area contributed by atoms with Gasteiger partial charge in [-0.3, -0.25) is 4.79 Å². The zero-order chi connectivity index (χ0) is 29.9. The first-order valence-corrected chi connectivity index (χ1v) is 14.8. The van der Waals surface area contributed by atoms with Crippen molar-refractivity contribution in [3.8, 4) is 17.7 Å². The first-order valence-electron chi connectivity index (χ1n) is 14.0. The van der Waals surface area contributed by atoms with E-state index in [0.717, 1.165) is 56.6 Å². The number of carboxylic acids is 1. The molecule has 0 spiro atoms. The highest BCUT2D eigenvalue weighted by Crippen LogP contribution is 2.40. The summed E-state index contributed by atoms with van der Waals surface area (Å²) in [6, 6.07) is 4.79. The molecule has 0 aromatic carbocycles. The van der Waals surface area contributed by atoms with Gasteiger partial charge in [0, 0.05) is 18.0 Å². The van der Waals surface area contributed by atoms with Crippen LogP contribution in [0.25, 0.3) is 0 Å². The molecule has 0 aliphatic heterocycles. The van der Waals surface area contributed by atoms with E-state index in [-0.39, 0.29) is 39.4 Å². The van der Waals surface area contributed by atoms with Crippen molar-refractivity contribution in [2.45, 2.75) is 97.4 Å². The lowest BCUT2D eigenvalue weighted by atomic mass is 9.81. The summed E-state index contributed by atoms with van der Waals surface area (Å²) in [5, 5.41) is 18.1. The predicted octanol–water partition coefficient (Wildman–Crippen LogP) is 7.03. The Hall–Kier alpha value is -3.13. The summed E-state index contributed by atoms with van der Waals surface area (Å²) in [5.41, 5.74) is -1.27. The fourth-order valence-electron chi connectivity index (χ4n) is 5.30. The van der Waals surface area contributed by atoms with E-state index in [1.807, 2.05) is 13.0 Å². The number of thiophene rings is 1. The Bertz CT molecular complexity index is 1300. The third-order valence-corrected chi connectivity index (χ3v) is 9.07. The molecular weight excluding hydrogens is 555 g/mol. The molecule has 1 N–H and O–H groups in total. The van der Waals surface area contributed by atoms with E-state index in [9.17, 15) is 27.9 Å². The van der Waals surface area contributed by atoms with Crippen LogP contribution in [-0.4, -0.2) is 45.5 Å². The molecule has 41 heavy (non-hydrogen) atoms. The number of rotatable bonds is 6. The van der Waals surface area contributed by atoms with E-state index >= 15 is 0 Å². The quantitative estimate of drug-likeness (QED) is 0.363. The van der Waals surface area contributed by atoms with E-state index in [4.69, 9.17) is 4.74 Å². The third kappa shape index (κ3) is 7.39. The SMILES string of the molecule is Cc1ccc(OC2CCC(N(C(=O)C3CCC(C)CC3)c3cc(C#CC(C)(C)C(F)(F)F)sc3C(=O)O)CC2)nn1. The van der Waals surface area contributed by atoms with Gasteiger partial charge in [0.05, 0.1) is 16.3 Å². The van der Waals surface area contributed by atoms with Gasteiger partial charge in [-0.05, 0) is 90.2 Å². The number of carbonyl (C=O) groups excluding carboxylic acids is 1. The van der Waals surface area contributed by atoms with Crippen molar-refractivity contribution in [2.75, 3.05) is 4.90 Å². The number of aromatic nitrogens is 2. The van der Waals surface area contributed by atoms with Crippen molar-refractivity contribution >= 4 is 28.9 Å². The van der Waals surface area contributed by atoms with Crippen molar-refractivity contribution in [2.24, 2.45) is 17.3 Å². The molecule has 2 aliphatic rings. The molecular formula is C30H36F3N3O4S. The van der Waals surface area contributed by atoms with Crippen molar-refractivity contribution < 1.29 is 32.6 Å². The van der Waals surface area contributed by atoms with Gasteiger partial charge in [-0.15, -0.1) is 16.4 Å². The summed E-state index contributed by atoms with van der Waals surface area (Å²) >= 11 is 0.805. The Balaban J connectivity index is 1.62. The zero-order valence-electron chi connectivity index (χ0n) is 23.8. The standard InChI is InChI=1S/C30H36F3N3O4S/c1-18-5-8-20(9-6-18)27(37)36(21-10-12-22(13-11-21)40-25-14-7-19(2)34-35-25)24-17-23(41-26(24)28(38)39)15-16-29(3,4)30(31,32)33/h7,14,17-18,20-22H,5-6,8-13H2,1-4H3,(H,38,39). The fraction of sp³-hybridized carbons (Fsp3) is 0.600. The summed E-state index contributed by atoms with van der Waals surface area (Å²) in [7, 11) is 0. The van der Waals surface area contributed by atoms with Crippen molar-refractivity contribution in [1.82, 2.24) is 10.2 Å². The van der Waals surface area contributed by atoms with Gasteiger partial charge in [0.15, 0.2) is 0 Å². The second-order valence-corrected chi connectivity index (χ2v) is 12.8. The number of aryl methyl sites for hydroxylation is 1. The van der Waals surface area contributed by atoms with Crippen LogP contribution in [0.1, 0.15) is 92.4 Å². The van der Waals surface area contributed by atoms with Crippen LogP contribution < -0.4 is 9.64 Å². The first-order chi connectivity index (χ1) is 19.2. The topological polar surface area (TPSA) is 92.6 Å². The van der Waals surface area contributed by atoms with Gasteiger partial charge in [-0.1, -0.05) is 18.8 Å². The van der Waals surface area contributed by atoms with E-state index in [1.165, 1.54) is 6.07 Å². The van der Waals surface area contributed by atoms with E-state index < -0.39 is 17.6 Å². The second-order valence-electron chi connectivity index (χ2n) is 11.7.